The number of hydrogen-bond acceptors (Lipinski definition) is 4. The lowest BCUT2D eigenvalue weighted by Crippen LogP contribution is -2.43. The zero-order chi connectivity index (χ0) is 17.8. The molecule has 1 aliphatic heterocycles. The van der Waals surface area contributed by atoms with Crippen LogP contribution in [0.2, 0.25) is 0 Å². The monoisotopic (exact) mass is 341 g/mol. The first-order valence-electron chi connectivity index (χ1n) is 8.28. The second kappa shape index (κ2) is 7.29. The number of hydrogen-bond donors (Lipinski definition) is 0. The van der Waals surface area contributed by atoms with Gasteiger partial charge in [-0.1, -0.05) is 30.3 Å². The normalized spacial score (nSPS) is 15.6. The molecule has 0 spiro atoms. The molecule has 7 nitrogen and oxygen atoms in total. The number of nitro groups is 1. The maximum absolute atomic E-state index is 13.1. The van der Waals surface area contributed by atoms with Crippen molar-refractivity contribution in [2.75, 3.05) is 13.1 Å². The molecule has 25 heavy (non-hydrogen) atoms. The first-order chi connectivity index (χ1) is 12.1. The standard InChI is InChI=1S/C18H19N3O4/c22-16-10-9-15(21(24)25)13-20(16)17(14-7-3-1-4-8-14)18(23)19-11-5-2-6-12-19/h1,3-4,7-10,13,17H,2,5-6,11-12H2/t17-/m0/s1. The number of benzene rings is 1. The second-order valence-corrected chi connectivity index (χ2v) is 6.09. The predicted molar refractivity (Wildman–Crippen MR) is 92.4 cm³/mol. The summed E-state index contributed by atoms with van der Waals surface area (Å²) in [6, 6.07) is 10.3. The van der Waals surface area contributed by atoms with Crippen LogP contribution in [0.15, 0.2) is 53.5 Å². The molecule has 0 saturated carbocycles. The number of pyridine rings is 1. The van der Waals surface area contributed by atoms with Gasteiger partial charge in [0.05, 0.1) is 11.1 Å². The molecule has 0 bridgehead atoms. The Morgan fingerprint density at radius 3 is 2.36 bits per heavy atom. The van der Waals surface area contributed by atoms with Crippen molar-refractivity contribution in [3.8, 4) is 0 Å². The van der Waals surface area contributed by atoms with Gasteiger partial charge in [-0.2, -0.15) is 0 Å². The fourth-order valence-corrected chi connectivity index (χ4v) is 3.15. The lowest BCUT2D eigenvalue weighted by atomic mass is 10.0. The van der Waals surface area contributed by atoms with Crippen LogP contribution < -0.4 is 5.56 Å². The Labute approximate surface area is 144 Å². The molecule has 2 heterocycles. The summed E-state index contributed by atoms with van der Waals surface area (Å²) in [6.07, 6.45) is 4.09. The van der Waals surface area contributed by atoms with Crippen LogP contribution in [0.5, 0.6) is 0 Å². The molecule has 0 radical (unpaired) electrons. The molecule has 7 heteroatoms. The SMILES string of the molecule is O=C([C@H](c1ccccc1)n1cc([N+](=O)[O-])ccc1=O)N1CCCCC1. The lowest BCUT2D eigenvalue weighted by Gasteiger charge is -2.31. The van der Waals surface area contributed by atoms with Crippen LogP contribution in [0.3, 0.4) is 0 Å². The third kappa shape index (κ3) is 3.60. The summed E-state index contributed by atoms with van der Waals surface area (Å²) in [5.41, 5.74) is -0.0162. The van der Waals surface area contributed by atoms with Crippen LogP contribution >= 0.6 is 0 Å². The molecular weight excluding hydrogens is 322 g/mol. The number of nitrogens with zero attached hydrogens (tertiary/aromatic N) is 3. The third-order valence-corrected chi connectivity index (χ3v) is 4.43. The summed E-state index contributed by atoms with van der Waals surface area (Å²) in [4.78, 5) is 37.8. The molecule has 0 aliphatic carbocycles. The number of likely N-dealkylation sites (tertiary alicyclic amines) is 1. The number of carbonyl (C=O) groups is 1. The smallest absolute Gasteiger partial charge is 0.285 e. The second-order valence-electron chi connectivity index (χ2n) is 6.09. The van der Waals surface area contributed by atoms with Crippen LogP contribution in [-0.4, -0.2) is 33.4 Å². The van der Waals surface area contributed by atoms with Gasteiger partial charge in [-0.25, -0.2) is 0 Å². The largest absolute Gasteiger partial charge is 0.341 e. The Balaban J connectivity index is 2.08. The molecule has 1 aromatic carbocycles. The highest BCUT2D eigenvalue weighted by atomic mass is 16.6. The highest BCUT2D eigenvalue weighted by molar-refractivity contribution is 5.83. The minimum absolute atomic E-state index is 0.200. The summed E-state index contributed by atoms with van der Waals surface area (Å²) in [6.45, 7) is 1.29. The summed E-state index contributed by atoms with van der Waals surface area (Å²) in [7, 11) is 0. The molecule has 0 unspecified atom stereocenters. The Morgan fingerprint density at radius 1 is 1.04 bits per heavy atom. The molecule has 2 aromatic rings. The fraction of sp³-hybridized carbons (Fsp3) is 0.333. The first kappa shape index (κ1) is 16.9. The van der Waals surface area contributed by atoms with Crippen LogP contribution in [0, 0.1) is 10.1 Å². The van der Waals surface area contributed by atoms with Crippen molar-refractivity contribution in [1.82, 2.24) is 9.47 Å². The Morgan fingerprint density at radius 2 is 1.72 bits per heavy atom. The maximum Gasteiger partial charge on any atom is 0.285 e. The topological polar surface area (TPSA) is 85.5 Å². The molecule has 3 rings (SSSR count). The van der Waals surface area contributed by atoms with Gasteiger partial charge in [-0.3, -0.25) is 24.3 Å². The number of aromatic nitrogens is 1. The molecule has 1 aromatic heterocycles. The molecule has 1 amide bonds. The van der Waals surface area contributed by atoms with Crippen molar-refractivity contribution in [2.45, 2.75) is 25.3 Å². The van der Waals surface area contributed by atoms with Gasteiger partial charge in [0, 0.05) is 25.2 Å². The average Bonchev–Trinajstić information content (AvgIpc) is 2.65. The van der Waals surface area contributed by atoms with E-state index < -0.39 is 16.5 Å². The minimum atomic E-state index is -0.897. The zero-order valence-corrected chi connectivity index (χ0v) is 13.7. The van der Waals surface area contributed by atoms with Gasteiger partial charge < -0.3 is 4.90 Å². The maximum atomic E-state index is 13.1. The third-order valence-electron chi connectivity index (χ3n) is 4.43. The van der Waals surface area contributed by atoms with Crippen molar-refractivity contribution in [3.63, 3.8) is 0 Å². The van der Waals surface area contributed by atoms with E-state index in [9.17, 15) is 19.7 Å². The highest BCUT2D eigenvalue weighted by Crippen LogP contribution is 2.23. The fourth-order valence-electron chi connectivity index (χ4n) is 3.15. The minimum Gasteiger partial charge on any atom is -0.341 e. The number of carbonyl (C=O) groups excluding carboxylic acids is 1. The Bertz CT molecular complexity index is 826. The summed E-state index contributed by atoms with van der Waals surface area (Å²) >= 11 is 0. The van der Waals surface area contributed by atoms with E-state index in [1.165, 1.54) is 4.57 Å². The van der Waals surface area contributed by atoms with E-state index in [0.29, 0.717) is 18.7 Å². The summed E-state index contributed by atoms with van der Waals surface area (Å²) in [5.74, 6) is -0.200. The predicted octanol–water partition coefficient (Wildman–Crippen LogP) is 2.36. The van der Waals surface area contributed by atoms with E-state index in [1.807, 2.05) is 6.07 Å². The number of piperidine rings is 1. The molecule has 1 atom stereocenters. The number of rotatable bonds is 4. The number of amides is 1. The van der Waals surface area contributed by atoms with Gasteiger partial charge in [0.25, 0.3) is 11.2 Å². The van der Waals surface area contributed by atoms with Crippen molar-refractivity contribution in [1.29, 1.82) is 0 Å². The molecular formula is C18H19N3O4. The molecule has 1 aliphatic rings. The van der Waals surface area contributed by atoms with Crippen molar-refractivity contribution in [2.24, 2.45) is 0 Å². The van der Waals surface area contributed by atoms with E-state index in [0.717, 1.165) is 37.6 Å². The lowest BCUT2D eigenvalue weighted by molar-refractivity contribution is -0.385. The summed E-state index contributed by atoms with van der Waals surface area (Å²) < 4.78 is 1.17. The zero-order valence-electron chi connectivity index (χ0n) is 13.7. The van der Waals surface area contributed by atoms with E-state index >= 15 is 0 Å². The van der Waals surface area contributed by atoms with Crippen molar-refractivity contribution < 1.29 is 9.72 Å². The Hall–Kier alpha value is -2.96. The first-order valence-corrected chi connectivity index (χ1v) is 8.28. The van der Waals surface area contributed by atoms with Crippen molar-refractivity contribution >= 4 is 11.6 Å². The average molecular weight is 341 g/mol. The van der Waals surface area contributed by atoms with Crippen molar-refractivity contribution in [3.05, 3.63) is 74.7 Å². The van der Waals surface area contributed by atoms with Gasteiger partial charge in [-0.15, -0.1) is 0 Å². The van der Waals surface area contributed by atoms with Gasteiger partial charge in [0.1, 0.15) is 6.04 Å². The van der Waals surface area contributed by atoms with Crippen LogP contribution in [-0.2, 0) is 4.79 Å². The van der Waals surface area contributed by atoms with E-state index in [2.05, 4.69) is 0 Å². The van der Waals surface area contributed by atoms with E-state index in [1.54, 1.807) is 29.2 Å². The van der Waals surface area contributed by atoms with E-state index in [4.69, 9.17) is 0 Å². The van der Waals surface area contributed by atoms with Gasteiger partial charge in [0.2, 0.25) is 5.91 Å². The van der Waals surface area contributed by atoms with Gasteiger partial charge in [0.15, 0.2) is 0 Å². The Kier molecular flexibility index (Phi) is 4.92. The van der Waals surface area contributed by atoms with Gasteiger partial charge in [-0.05, 0) is 24.8 Å². The van der Waals surface area contributed by atoms with Crippen LogP contribution in [0.25, 0.3) is 0 Å². The molecule has 0 N–H and O–H groups in total. The quantitative estimate of drug-likeness (QED) is 0.631. The van der Waals surface area contributed by atoms with Crippen LogP contribution in [0.1, 0.15) is 30.9 Å². The highest BCUT2D eigenvalue weighted by Gasteiger charge is 2.29. The molecule has 1 fully saturated rings. The van der Waals surface area contributed by atoms with E-state index in [-0.39, 0.29) is 11.6 Å². The van der Waals surface area contributed by atoms with Gasteiger partial charge >= 0.3 is 0 Å². The summed E-state index contributed by atoms with van der Waals surface area (Å²) in [5, 5.41) is 11.1. The molecule has 1 saturated heterocycles. The van der Waals surface area contributed by atoms with Crippen LogP contribution in [0.4, 0.5) is 5.69 Å². The molecule has 130 valence electrons.